The minimum absolute atomic E-state index is 0.0862. The van der Waals surface area contributed by atoms with Crippen molar-refractivity contribution in [2.75, 3.05) is 14.2 Å². The molecule has 0 aliphatic heterocycles. The van der Waals surface area contributed by atoms with E-state index in [1.165, 1.54) is 6.20 Å². The first-order valence-corrected chi connectivity index (χ1v) is 4.50. The van der Waals surface area contributed by atoms with E-state index in [0.717, 1.165) is 0 Å². The van der Waals surface area contributed by atoms with Crippen molar-refractivity contribution in [3.05, 3.63) is 29.8 Å². The maximum Gasteiger partial charge on any atom is 0.146 e. The lowest BCUT2D eigenvalue weighted by molar-refractivity contribution is 0.0844. The first-order valence-electron chi connectivity index (χ1n) is 4.50. The van der Waals surface area contributed by atoms with Crippen LogP contribution in [0.2, 0.25) is 0 Å². The predicted octanol–water partition coefficient (Wildman–Crippen LogP) is 1.52. The Balaban J connectivity index is 2.94. The fraction of sp³-hybridized carbons (Fsp3) is 0.500. The summed E-state index contributed by atoms with van der Waals surface area (Å²) in [6.45, 7) is 1.89. The van der Waals surface area contributed by atoms with E-state index in [1.807, 2.05) is 6.92 Å². The van der Waals surface area contributed by atoms with Crippen LogP contribution in [0.25, 0.3) is 0 Å². The molecule has 3 nitrogen and oxygen atoms in total. The molecule has 0 amide bonds. The summed E-state index contributed by atoms with van der Waals surface area (Å²) in [5.74, 6) is -0.309. The summed E-state index contributed by atoms with van der Waals surface area (Å²) in [6, 6.07) is 1.51. The third-order valence-electron chi connectivity index (χ3n) is 2.29. The van der Waals surface area contributed by atoms with E-state index >= 15 is 0 Å². The molecule has 1 N–H and O–H groups in total. The monoisotopic (exact) mass is 198 g/mol. The van der Waals surface area contributed by atoms with Crippen molar-refractivity contribution in [1.82, 2.24) is 10.3 Å². The van der Waals surface area contributed by atoms with Gasteiger partial charge in [0.1, 0.15) is 5.82 Å². The van der Waals surface area contributed by atoms with Gasteiger partial charge in [-0.15, -0.1) is 0 Å². The summed E-state index contributed by atoms with van der Waals surface area (Å²) in [5, 5.41) is 3.02. The summed E-state index contributed by atoms with van der Waals surface area (Å²) in [5.41, 5.74) is 0.580. The molecule has 0 radical (unpaired) electrons. The standard InChI is InChI=1S/C10H15FN2O/c1-7(14-3)10(12-2)8-4-5-13-6-9(8)11/h4-7,10,12H,1-3H3. The molecule has 0 aromatic carbocycles. The molecular weight excluding hydrogens is 183 g/mol. The molecule has 0 spiro atoms. The zero-order chi connectivity index (χ0) is 10.6. The number of halogens is 1. The first kappa shape index (κ1) is 11.1. The molecule has 1 aromatic rings. The van der Waals surface area contributed by atoms with E-state index in [0.29, 0.717) is 5.56 Å². The van der Waals surface area contributed by atoms with Crippen molar-refractivity contribution in [1.29, 1.82) is 0 Å². The van der Waals surface area contributed by atoms with Crippen LogP contribution in [-0.2, 0) is 4.74 Å². The summed E-state index contributed by atoms with van der Waals surface area (Å²) in [7, 11) is 3.38. The van der Waals surface area contributed by atoms with Gasteiger partial charge >= 0.3 is 0 Å². The molecule has 0 aliphatic carbocycles. The fourth-order valence-corrected chi connectivity index (χ4v) is 1.42. The predicted molar refractivity (Wildman–Crippen MR) is 52.5 cm³/mol. The quantitative estimate of drug-likeness (QED) is 0.796. The van der Waals surface area contributed by atoms with Crippen LogP contribution >= 0.6 is 0 Å². The molecule has 4 heteroatoms. The van der Waals surface area contributed by atoms with E-state index in [1.54, 1.807) is 26.4 Å². The minimum atomic E-state index is -0.309. The molecular formula is C10H15FN2O. The van der Waals surface area contributed by atoms with Crippen LogP contribution in [0.3, 0.4) is 0 Å². The smallest absolute Gasteiger partial charge is 0.146 e. The molecule has 0 saturated heterocycles. The van der Waals surface area contributed by atoms with Crippen molar-refractivity contribution < 1.29 is 9.13 Å². The van der Waals surface area contributed by atoms with Gasteiger partial charge in [-0.25, -0.2) is 4.39 Å². The zero-order valence-corrected chi connectivity index (χ0v) is 8.62. The average molecular weight is 198 g/mol. The largest absolute Gasteiger partial charge is 0.380 e. The summed E-state index contributed by atoms with van der Waals surface area (Å²) in [6.07, 6.45) is 2.70. The second kappa shape index (κ2) is 5.02. The van der Waals surface area contributed by atoms with Gasteiger partial charge in [0.2, 0.25) is 0 Å². The van der Waals surface area contributed by atoms with Crippen LogP contribution in [-0.4, -0.2) is 25.2 Å². The van der Waals surface area contributed by atoms with Gasteiger partial charge in [0.05, 0.1) is 18.3 Å². The molecule has 0 aliphatic rings. The lowest BCUT2D eigenvalue weighted by Crippen LogP contribution is -2.29. The lowest BCUT2D eigenvalue weighted by Gasteiger charge is -2.22. The molecule has 1 aromatic heterocycles. The Morgan fingerprint density at radius 3 is 2.79 bits per heavy atom. The average Bonchev–Trinajstić information content (AvgIpc) is 2.21. The summed E-state index contributed by atoms with van der Waals surface area (Å²) < 4.78 is 18.5. The number of nitrogens with zero attached hydrogens (tertiary/aromatic N) is 1. The Bertz CT molecular complexity index is 293. The van der Waals surface area contributed by atoms with Crippen LogP contribution in [0.5, 0.6) is 0 Å². The van der Waals surface area contributed by atoms with Gasteiger partial charge in [-0.2, -0.15) is 0 Å². The number of hydrogen-bond donors (Lipinski definition) is 1. The maximum atomic E-state index is 13.4. The highest BCUT2D eigenvalue weighted by Crippen LogP contribution is 2.20. The van der Waals surface area contributed by atoms with Gasteiger partial charge < -0.3 is 10.1 Å². The van der Waals surface area contributed by atoms with Crippen molar-refractivity contribution in [2.45, 2.75) is 19.1 Å². The SMILES string of the molecule is CNC(c1ccncc1F)C(C)OC. The molecule has 0 bridgehead atoms. The highest BCUT2D eigenvalue weighted by atomic mass is 19.1. The van der Waals surface area contributed by atoms with E-state index in [-0.39, 0.29) is 18.0 Å². The van der Waals surface area contributed by atoms with Crippen LogP contribution in [0.1, 0.15) is 18.5 Å². The third kappa shape index (κ3) is 2.27. The fourth-order valence-electron chi connectivity index (χ4n) is 1.42. The van der Waals surface area contributed by atoms with Crippen LogP contribution < -0.4 is 5.32 Å². The Labute approximate surface area is 83.3 Å². The Kier molecular flexibility index (Phi) is 3.98. The maximum absolute atomic E-state index is 13.4. The van der Waals surface area contributed by atoms with Crippen molar-refractivity contribution in [3.8, 4) is 0 Å². The van der Waals surface area contributed by atoms with Gasteiger partial charge in [0, 0.05) is 18.9 Å². The Hall–Kier alpha value is -1.00. The number of aromatic nitrogens is 1. The second-order valence-electron chi connectivity index (χ2n) is 3.10. The number of nitrogens with one attached hydrogen (secondary N) is 1. The van der Waals surface area contributed by atoms with Gasteiger partial charge in [-0.1, -0.05) is 0 Å². The normalized spacial score (nSPS) is 15.1. The van der Waals surface area contributed by atoms with Gasteiger partial charge in [-0.3, -0.25) is 4.98 Å². The molecule has 14 heavy (non-hydrogen) atoms. The zero-order valence-electron chi connectivity index (χ0n) is 8.62. The Morgan fingerprint density at radius 2 is 2.29 bits per heavy atom. The molecule has 2 atom stereocenters. The first-order chi connectivity index (χ1) is 6.70. The Morgan fingerprint density at radius 1 is 1.57 bits per heavy atom. The minimum Gasteiger partial charge on any atom is -0.380 e. The van der Waals surface area contributed by atoms with Gasteiger partial charge in [0.25, 0.3) is 0 Å². The van der Waals surface area contributed by atoms with Crippen molar-refractivity contribution in [2.24, 2.45) is 0 Å². The second-order valence-corrected chi connectivity index (χ2v) is 3.10. The molecule has 1 heterocycles. The number of hydrogen-bond acceptors (Lipinski definition) is 3. The van der Waals surface area contributed by atoms with Gasteiger partial charge in [-0.05, 0) is 20.0 Å². The highest BCUT2D eigenvalue weighted by Gasteiger charge is 2.19. The molecule has 1 rings (SSSR count). The number of methoxy groups -OCH3 is 1. The van der Waals surface area contributed by atoms with Gasteiger partial charge in [0.15, 0.2) is 0 Å². The van der Waals surface area contributed by atoms with E-state index < -0.39 is 0 Å². The number of ether oxygens (including phenoxy) is 1. The number of rotatable bonds is 4. The summed E-state index contributed by atoms with van der Waals surface area (Å²) >= 11 is 0. The third-order valence-corrected chi connectivity index (χ3v) is 2.29. The number of likely N-dealkylation sites (N-methyl/N-ethyl adjacent to an activating group) is 1. The lowest BCUT2D eigenvalue weighted by atomic mass is 10.0. The number of pyridine rings is 1. The van der Waals surface area contributed by atoms with E-state index in [9.17, 15) is 4.39 Å². The van der Waals surface area contributed by atoms with Crippen LogP contribution in [0.4, 0.5) is 4.39 Å². The van der Waals surface area contributed by atoms with Crippen LogP contribution in [0.15, 0.2) is 18.5 Å². The molecule has 0 fully saturated rings. The van der Waals surface area contributed by atoms with Crippen molar-refractivity contribution in [3.63, 3.8) is 0 Å². The summed E-state index contributed by atoms with van der Waals surface area (Å²) in [4.78, 5) is 3.70. The highest BCUT2D eigenvalue weighted by molar-refractivity contribution is 5.18. The molecule has 0 saturated carbocycles. The topological polar surface area (TPSA) is 34.2 Å². The van der Waals surface area contributed by atoms with Crippen LogP contribution in [0, 0.1) is 5.82 Å². The molecule has 2 unspecified atom stereocenters. The molecule has 78 valence electrons. The van der Waals surface area contributed by atoms with Crippen molar-refractivity contribution >= 4 is 0 Å². The van der Waals surface area contributed by atoms with E-state index in [2.05, 4.69) is 10.3 Å². The van der Waals surface area contributed by atoms with E-state index in [4.69, 9.17) is 4.74 Å².